The molecule has 0 unspecified atom stereocenters. The van der Waals surface area contributed by atoms with E-state index in [9.17, 15) is 4.79 Å². The summed E-state index contributed by atoms with van der Waals surface area (Å²) in [5.41, 5.74) is 4.99. The summed E-state index contributed by atoms with van der Waals surface area (Å²) in [6.45, 7) is -2.45. The minimum atomic E-state index is -2.45. The SMILES string of the molecule is [2H]C([2H])([2H])n1cc(N)ccc1=O. The normalized spacial score (nSPS) is 15.8. The van der Waals surface area contributed by atoms with Crippen LogP contribution in [0.4, 0.5) is 5.69 Å². The molecule has 1 aromatic rings. The highest BCUT2D eigenvalue weighted by Gasteiger charge is 1.86. The van der Waals surface area contributed by atoms with Gasteiger partial charge in [-0.3, -0.25) is 4.79 Å². The Hall–Kier alpha value is -1.25. The van der Waals surface area contributed by atoms with Crippen LogP contribution in [-0.4, -0.2) is 4.57 Å². The summed E-state index contributed by atoms with van der Waals surface area (Å²) >= 11 is 0. The van der Waals surface area contributed by atoms with Crippen LogP contribution >= 0.6 is 0 Å². The standard InChI is InChI=1S/C6H8N2O/c1-8-4-5(7)2-3-6(8)9/h2-4H,7H2,1H3/i1D3. The first-order chi connectivity index (χ1) is 5.41. The third kappa shape index (κ3) is 1.10. The molecule has 1 aromatic heterocycles. The van der Waals surface area contributed by atoms with Crippen LogP contribution < -0.4 is 11.3 Å². The molecule has 1 rings (SSSR count). The predicted octanol–water partition coefficient (Wildman–Crippen LogP) is -0.0325. The van der Waals surface area contributed by atoms with Crippen molar-refractivity contribution in [2.24, 2.45) is 6.98 Å². The summed E-state index contributed by atoms with van der Waals surface area (Å²) in [5.74, 6) is 0. The number of anilines is 1. The Labute approximate surface area is 56.9 Å². The van der Waals surface area contributed by atoms with Crippen molar-refractivity contribution >= 4 is 5.69 Å². The van der Waals surface area contributed by atoms with Crippen LogP contribution in [0, 0.1) is 0 Å². The van der Waals surface area contributed by atoms with Gasteiger partial charge in [-0.15, -0.1) is 0 Å². The summed E-state index contributed by atoms with van der Waals surface area (Å²) in [7, 11) is 0. The van der Waals surface area contributed by atoms with Crippen LogP contribution in [0.2, 0.25) is 0 Å². The molecule has 48 valence electrons. The largest absolute Gasteiger partial charge is 0.398 e. The fourth-order valence-corrected chi connectivity index (χ4v) is 0.504. The van der Waals surface area contributed by atoms with E-state index in [4.69, 9.17) is 9.85 Å². The number of hydrogen-bond donors (Lipinski definition) is 1. The second-order valence-corrected chi connectivity index (χ2v) is 1.67. The number of hydrogen-bond acceptors (Lipinski definition) is 2. The van der Waals surface area contributed by atoms with Gasteiger partial charge >= 0.3 is 0 Å². The Balaban J connectivity index is 3.33. The van der Waals surface area contributed by atoms with Gasteiger partial charge in [0.15, 0.2) is 0 Å². The maximum atomic E-state index is 11.0. The van der Waals surface area contributed by atoms with Crippen molar-refractivity contribution in [1.29, 1.82) is 0 Å². The smallest absolute Gasteiger partial charge is 0.250 e. The zero-order valence-corrected chi connectivity index (χ0v) is 4.66. The van der Waals surface area contributed by atoms with E-state index in [1.54, 1.807) is 0 Å². The van der Waals surface area contributed by atoms with Crippen molar-refractivity contribution in [3.05, 3.63) is 28.7 Å². The summed E-state index contributed by atoms with van der Waals surface area (Å²) in [6.07, 6.45) is 1.11. The first-order valence-corrected chi connectivity index (χ1v) is 2.40. The van der Waals surface area contributed by atoms with Crippen molar-refractivity contribution in [1.82, 2.24) is 4.57 Å². The summed E-state index contributed by atoms with van der Waals surface area (Å²) in [6, 6.07) is 2.49. The highest BCUT2D eigenvalue weighted by atomic mass is 16.1. The molecule has 9 heavy (non-hydrogen) atoms. The molecule has 2 N–H and O–H groups in total. The molecule has 1 heterocycles. The Morgan fingerprint density at radius 2 is 2.56 bits per heavy atom. The highest BCUT2D eigenvalue weighted by Crippen LogP contribution is 1.92. The van der Waals surface area contributed by atoms with Gasteiger partial charge in [0.25, 0.3) is 0 Å². The van der Waals surface area contributed by atoms with Gasteiger partial charge in [-0.25, -0.2) is 0 Å². The molecule has 0 bridgehead atoms. The first kappa shape index (κ1) is 3.06. The summed E-state index contributed by atoms with van der Waals surface area (Å²) in [4.78, 5) is 11.0. The number of nitrogens with zero attached hydrogens (tertiary/aromatic N) is 1. The number of nitrogens with two attached hydrogens (primary N) is 1. The molecule has 3 heteroatoms. The predicted molar refractivity (Wildman–Crippen MR) is 36.1 cm³/mol. The average Bonchev–Trinajstić information content (AvgIpc) is 1.92. The van der Waals surface area contributed by atoms with Crippen molar-refractivity contribution < 1.29 is 4.11 Å². The van der Waals surface area contributed by atoms with Gasteiger partial charge in [-0.1, -0.05) is 0 Å². The Morgan fingerprint density at radius 1 is 1.78 bits per heavy atom. The van der Waals surface area contributed by atoms with Crippen LogP contribution in [0.3, 0.4) is 0 Å². The summed E-state index contributed by atoms with van der Waals surface area (Å²) < 4.78 is 21.5. The lowest BCUT2D eigenvalue weighted by atomic mass is 10.4. The van der Waals surface area contributed by atoms with Gasteiger partial charge in [0, 0.05) is 29.0 Å². The third-order valence-corrected chi connectivity index (χ3v) is 0.934. The fraction of sp³-hybridized carbons (Fsp3) is 0.167. The highest BCUT2D eigenvalue weighted by molar-refractivity contribution is 5.33. The van der Waals surface area contributed by atoms with Crippen molar-refractivity contribution in [2.45, 2.75) is 0 Å². The third-order valence-electron chi connectivity index (χ3n) is 0.934. The molecule has 0 saturated heterocycles. The van der Waals surface area contributed by atoms with E-state index in [2.05, 4.69) is 0 Å². The Bertz CT molecular complexity index is 341. The summed E-state index contributed by atoms with van der Waals surface area (Å²) in [5, 5.41) is 0. The van der Waals surface area contributed by atoms with Crippen LogP contribution in [-0.2, 0) is 6.98 Å². The van der Waals surface area contributed by atoms with Gasteiger partial charge in [-0.05, 0) is 6.07 Å². The number of nitrogen functional groups attached to an aromatic ring is 1. The Kier molecular flexibility index (Phi) is 0.656. The van der Waals surface area contributed by atoms with Crippen LogP contribution in [0.15, 0.2) is 23.1 Å². The van der Waals surface area contributed by atoms with Crippen LogP contribution in [0.5, 0.6) is 0 Å². The fourth-order valence-electron chi connectivity index (χ4n) is 0.504. The number of aryl methyl sites for hydroxylation is 1. The maximum Gasteiger partial charge on any atom is 0.250 e. The van der Waals surface area contributed by atoms with E-state index in [-0.39, 0.29) is 5.69 Å². The minimum Gasteiger partial charge on any atom is -0.398 e. The Morgan fingerprint density at radius 3 is 3.11 bits per heavy atom. The first-order valence-electron chi connectivity index (χ1n) is 3.90. The molecular weight excluding hydrogens is 116 g/mol. The topological polar surface area (TPSA) is 48.0 Å². The lowest BCUT2D eigenvalue weighted by molar-refractivity contribution is 0.863. The zero-order chi connectivity index (χ0) is 9.35. The number of aromatic nitrogens is 1. The minimum absolute atomic E-state index is 0.255. The molecule has 0 atom stereocenters. The average molecular weight is 127 g/mol. The quantitative estimate of drug-likeness (QED) is 0.532. The van der Waals surface area contributed by atoms with E-state index in [0.717, 1.165) is 12.3 Å². The zero-order valence-electron chi connectivity index (χ0n) is 7.66. The van der Waals surface area contributed by atoms with Crippen LogP contribution in [0.1, 0.15) is 4.11 Å². The van der Waals surface area contributed by atoms with E-state index in [1.807, 2.05) is 0 Å². The van der Waals surface area contributed by atoms with E-state index < -0.39 is 12.5 Å². The van der Waals surface area contributed by atoms with Gasteiger partial charge in [-0.2, -0.15) is 0 Å². The molecule has 0 aliphatic rings. The number of pyridine rings is 1. The molecule has 0 spiro atoms. The van der Waals surface area contributed by atoms with Crippen molar-refractivity contribution in [3.8, 4) is 0 Å². The molecule has 0 saturated carbocycles. The van der Waals surface area contributed by atoms with Gasteiger partial charge in [0.1, 0.15) is 0 Å². The molecule has 0 fully saturated rings. The second kappa shape index (κ2) is 1.93. The molecule has 0 radical (unpaired) electrons. The lowest BCUT2D eigenvalue weighted by Gasteiger charge is -1.95. The molecule has 0 aromatic carbocycles. The maximum absolute atomic E-state index is 11.0. The molecular formula is C6H8N2O. The molecule has 0 aliphatic heterocycles. The second-order valence-electron chi connectivity index (χ2n) is 1.67. The van der Waals surface area contributed by atoms with E-state index in [1.165, 1.54) is 6.07 Å². The van der Waals surface area contributed by atoms with Crippen molar-refractivity contribution in [3.63, 3.8) is 0 Å². The van der Waals surface area contributed by atoms with Gasteiger partial charge < -0.3 is 10.3 Å². The van der Waals surface area contributed by atoms with E-state index in [0.29, 0.717) is 4.57 Å². The van der Waals surface area contributed by atoms with E-state index >= 15 is 0 Å². The molecule has 3 nitrogen and oxygen atoms in total. The van der Waals surface area contributed by atoms with Crippen molar-refractivity contribution in [2.75, 3.05) is 5.73 Å². The number of rotatable bonds is 0. The van der Waals surface area contributed by atoms with Gasteiger partial charge in [0.2, 0.25) is 5.56 Å². The molecule has 0 aliphatic carbocycles. The monoisotopic (exact) mass is 127 g/mol. The lowest BCUT2D eigenvalue weighted by Crippen LogP contribution is -2.14. The molecule has 0 amide bonds. The van der Waals surface area contributed by atoms with Gasteiger partial charge in [0.05, 0.1) is 0 Å². The van der Waals surface area contributed by atoms with Crippen LogP contribution in [0.25, 0.3) is 0 Å².